The largest absolute Gasteiger partial charge is 0.461 e. The highest BCUT2D eigenvalue weighted by Crippen LogP contribution is 2.38. The van der Waals surface area contributed by atoms with Gasteiger partial charge in [-0.25, -0.2) is 4.79 Å². The van der Waals surface area contributed by atoms with Crippen LogP contribution in [0.1, 0.15) is 31.7 Å². The second-order valence-electron chi connectivity index (χ2n) is 5.79. The van der Waals surface area contributed by atoms with Crippen molar-refractivity contribution in [2.24, 2.45) is 0 Å². The van der Waals surface area contributed by atoms with Crippen molar-refractivity contribution in [3.63, 3.8) is 0 Å². The number of non-ortho nitro benzene ring substituents is 1. The normalized spacial score (nSPS) is 16.3. The third kappa shape index (κ3) is 4.30. The minimum atomic E-state index is -0.758. The van der Waals surface area contributed by atoms with Gasteiger partial charge < -0.3 is 15.4 Å². The van der Waals surface area contributed by atoms with E-state index in [-0.39, 0.29) is 24.3 Å². The van der Waals surface area contributed by atoms with Crippen molar-refractivity contribution in [3.8, 4) is 6.07 Å². The molecule has 1 unspecified atom stereocenters. The van der Waals surface area contributed by atoms with Crippen molar-refractivity contribution in [2.45, 2.75) is 26.2 Å². The molecule has 2 N–H and O–H groups in total. The molecule has 9 nitrogen and oxygen atoms in total. The first-order chi connectivity index (χ1) is 12.9. The highest BCUT2D eigenvalue weighted by atomic mass is 16.6. The number of dihydropyridines is 1. The van der Waals surface area contributed by atoms with Gasteiger partial charge in [0.2, 0.25) is 6.41 Å². The molecule has 0 aliphatic carbocycles. The highest BCUT2D eigenvalue weighted by Gasteiger charge is 2.34. The molecule has 1 aromatic rings. The molecule has 9 heteroatoms. The molecular formula is C18H18N4O5. The Balaban J connectivity index is 2.55. The lowest BCUT2D eigenvalue weighted by atomic mass is 9.83. The van der Waals surface area contributed by atoms with E-state index in [0.717, 1.165) is 0 Å². The summed E-state index contributed by atoms with van der Waals surface area (Å²) in [5.74, 6) is -1.42. The number of hydrogen-bond acceptors (Lipinski definition) is 7. The minimum absolute atomic E-state index is 0.0429. The van der Waals surface area contributed by atoms with Crippen LogP contribution in [-0.2, 0) is 14.3 Å². The van der Waals surface area contributed by atoms with Crippen LogP contribution in [0, 0.1) is 21.4 Å². The number of esters is 1. The van der Waals surface area contributed by atoms with Gasteiger partial charge >= 0.3 is 5.97 Å². The molecule has 0 radical (unpaired) electrons. The van der Waals surface area contributed by atoms with E-state index in [1.165, 1.54) is 18.2 Å². The van der Waals surface area contributed by atoms with E-state index in [4.69, 9.17) is 10.00 Å². The van der Waals surface area contributed by atoms with Gasteiger partial charge in [-0.3, -0.25) is 14.9 Å². The van der Waals surface area contributed by atoms with E-state index < -0.39 is 16.8 Å². The lowest BCUT2D eigenvalue weighted by molar-refractivity contribution is -0.384. The third-order valence-corrected chi connectivity index (χ3v) is 4.06. The van der Waals surface area contributed by atoms with Crippen LogP contribution < -0.4 is 10.6 Å². The fraction of sp³-hybridized carbons (Fsp3) is 0.278. The van der Waals surface area contributed by atoms with Crippen LogP contribution in [0.15, 0.2) is 46.9 Å². The van der Waals surface area contributed by atoms with Crippen LogP contribution in [0.4, 0.5) is 5.69 Å². The predicted octanol–water partition coefficient (Wildman–Crippen LogP) is 1.99. The molecular weight excluding hydrogens is 352 g/mol. The Hall–Kier alpha value is -3.67. The number of nitro groups is 1. The molecule has 0 fully saturated rings. The number of hydrogen-bond donors (Lipinski definition) is 2. The Morgan fingerprint density at radius 2 is 2.19 bits per heavy atom. The lowest BCUT2D eigenvalue weighted by Gasteiger charge is -2.31. The molecule has 1 aromatic carbocycles. The van der Waals surface area contributed by atoms with Crippen LogP contribution in [0.3, 0.4) is 0 Å². The zero-order chi connectivity index (χ0) is 20.0. The van der Waals surface area contributed by atoms with Crippen molar-refractivity contribution in [1.82, 2.24) is 10.6 Å². The molecule has 0 aromatic heterocycles. The summed E-state index contributed by atoms with van der Waals surface area (Å²) < 4.78 is 5.15. The smallest absolute Gasteiger partial charge is 0.336 e. The van der Waals surface area contributed by atoms with E-state index in [2.05, 4.69) is 10.6 Å². The van der Waals surface area contributed by atoms with Gasteiger partial charge in [0.25, 0.3) is 5.69 Å². The van der Waals surface area contributed by atoms with E-state index >= 15 is 0 Å². The summed E-state index contributed by atoms with van der Waals surface area (Å²) in [6, 6.07) is 7.73. The summed E-state index contributed by atoms with van der Waals surface area (Å²) in [4.78, 5) is 34.3. The maximum Gasteiger partial charge on any atom is 0.336 e. The van der Waals surface area contributed by atoms with Gasteiger partial charge in [-0.2, -0.15) is 5.26 Å². The van der Waals surface area contributed by atoms with Crippen LogP contribution in [-0.4, -0.2) is 23.9 Å². The summed E-state index contributed by atoms with van der Waals surface area (Å²) in [5, 5.41) is 25.3. The number of rotatable bonds is 7. The average molecular weight is 370 g/mol. The summed E-state index contributed by atoms with van der Waals surface area (Å²) >= 11 is 0. The van der Waals surface area contributed by atoms with E-state index in [1.807, 2.05) is 6.07 Å². The topological polar surface area (TPSA) is 134 Å². The van der Waals surface area contributed by atoms with Gasteiger partial charge in [0.15, 0.2) is 0 Å². The van der Waals surface area contributed by atoms with E-state index in [9.17, 15) is 19.7 Å². The van der Waals surface area contributed by atoms with Gasteiger partial charge in [-0.05, 0) is 19.4 Å². The first kappa shape index (κ1) is 19.7. The zero-order valence-corrected chi connectivity index (χ0v) is 14.8. The Morgan fingerprint density at radius 1 is 1.44 bits per heavy atom. The quantitative estimate of drug-likeness (QED) is 0.246. The SMILES string of the molecule is CC1=C(NC=O)C(c2cccc([N+](=O)[O-])c2)C(C(=O)OCCC#N)=C(C)N1. The maximum absolute atomic E-state index is 12.6. The van der Waals surface area contributed by atoms with Crippen LogP contribution in [0.5, 0.6) is 0 Å². The number of carbonyl (C=O) groups excluding carboxylic acids is 2. The van der Waals surface area contributed by atoms with Crippen molar-refractivity contribution in [2.75, 3.05) is 6.61 Å². The Labute approximate surface area is 155 Å². The second-order valence-corrected chi connectivity index (χ2v) is 5.79. The van der Waals surface area contributed by atoms with Crippen LogP contribution in [0.25, 0.3) is 0 Å². The van der Waals surface area contributed by atoms with Crippen molar-refractivity contribution >= 4 is 18.1 Å². The van der Waals surface area contributed by atoms with Crippen LogP contribution >= 0.6 is 0 Å². The van der Waals surface area contributed by atoms with Crippen molar-refractivity contribution < 1.29 is 19.2 Å². The number of benzene rings is 1. The number of amides is 1. The predicted molar refractivity (Wildman–Crippen MR) is 94.8 cm³/mol. The molecule has 140 valence electrons. The molecule has 0 bridgehead atoms. The van der Waals surface area contributed by atoms with Gasteiger partial charge in [0.1, 0.15) is 6.61 Å². The first-order valence-corrected chi connectivity index (χ1v) is 8.07. The third-order valence-electron chi connectivity index (χ3n) is 4.06. The number of allylic oxidation sites excluding steroid dienone is 3. The zero-order valence-electron chi connectivity index (χ0n) is 14.8. The van der Waals surface area contributed by atoms with Gasteiger partial charge in [0, 0.05) is 29.2 Å². The first-order valence-electron chi connectivity index (χ1n) is 8.07. The number of nitrogens with zero attached hydrogens (tertiary/aromatic N) is 2. The molecule has 27 heavy (non-hydrogen) atoms. The average Bonchev–Trinajstić information content (AvgIpc) is 2.63. The number of carbonyl (C=O) groups is 2. The lowest BCUT2D eigenvalue weighted by Crippen LogP contribution is -2.34. The van der Waals surface area contributed by atoms with Gasteiger partial charge in [-0.15, -0.1) is 0 Å². The Bertz CT molecular complexity index is 882. The molecule has 0 saturated carbocycles. The molecule has 1 atom stereocenters. The molecule has 0 spiro atoms. The standard InChI is InChI=1S/C18H18N4O5/c1-11-15(18(24)27-8-4-7-19)16(17(20-10-23)12(2)21-11)13-5-3-6-14(9-13)22(25)26/h3,5-6,9-10,16,21H,4,8H2,1-2H3,(H,20,23). The Morgan fingerprint density at radius 3 is 2.81 bits per heavy atom. The summed E-state index contributed by atoms with van der Waals surface area (Å²) in [5.41, 5.74) is 2.03. The molecule has 2 rings (SSSR count). The number of nitro benzene ring substituents is 1. The van der Waals surface area contributed by atoms with E-state index in [0.29, 0.717) is 29.1 Å². The summed E-state index contributed by atoms with van der Waals surface area (Å²) in [7, 11) is 0. The maximum atomic E-state index is 12.6. The van der Waals surface area contributed by atoms with Crippen LogP contribution in [0.2, 0.25) is 0 Å². The molecule has 1 aliphatic heterocycles. The monoisotopic (exact) mass is 370 g/mol. The molecule has 1 aliphatic rings. The number of ether oxygens (including phenoxy) is 1. The molecule has 1 heterocycles. The van der Waals surface area contributed by atoms with Crippen molar-refractivity contribution in [3.05, 3.63) is 62.6 Å². The van der Waals surface area contributed by atoms with Crippen molar-refractivity contribution in [1.29, 1.82) is 5.26 Å². The molecule has 0 saturated heterocycles. The fourth-order valence-electron chi connectivity index (χ4n) is 2.94. The van der Waals surface area contributed by atoms with Gasteiger partial charge in [-0.1, -0.05) is 12.1 Å². The Kier molecular flexibility index (Phi) is 6.27. The minimum Gasteiger partial charge on any atom is -0.461 e. The van der Waals surface area contributed by atoms with E-state index in [1.54, 1.807) is 19.9 Å². The van der Waals surface area contributed by atoms with Gasteiger partial charge in [0.05, 0.1) is 28.9 Å². The summed E-state index contributed by atoms with van der Waals surface area (Å²) in [6.07, 6.45) is 0.519. The molecule has 1 amide bonds. The summed E-state index contributed by atoms with van der Waals surface area (Å²) in [6.45, 7) is 3.32. The number of nitriles is 1. The fourth-order valence-corrected chi connectivity index (χ4v) is 2.94. The highest BCUT2D eigenvalue weighted by molar-refractivity contribution is 5.92. The second kappa shape index (κ2) is 8.62. The number of nitrogens with one attached hydrogen (secondary N) is 2.